The minimum Gasteiger partial charge on any atom is -0.480 e. The second kappa shape index (κ2) is 6.48. The number of carbonyl (C=O) groups is 2. The summed E-state index contributed by atoms with van der Waals surface area (Å²) >= 11 is 0. The summed E-state index contributed by atoms with van der Waals surface area (Å²) in [5.74, 6) is -1.40. The first-order valence-electron chi connectivity index (χ1n) is 5.34. The van der Waals surface area contributed by atoms with Crippen molar-refractivity contribution in [1.29, 1.82) is 0 Å². The van der Waals surface area contributed by atoms with E-state index in [0.29, 0.717) is 18.4 Å². The second-order valence-electron chi connectivity index (χ2n) is 3.60. The number of amides is 1. The Kier molecular flexibility index (Phi) is 4.94. The van der Waals surface area contributed by atoms with Gasteiger partial charge in [-0.1, -0.05) is 24.3 Å². The molecule has 0 bridgehead atoms. The van der Waals surface area contributed by atoms with Crippen molar-refractivity contribution in [3.05, 3.63) is 48.6 Å². The lowest BCUT2D eigenvalue weighted by molar-refractivity contribution is -0.139. The van der Waals surface area contributed by atoms with Gasteiger partial charge in [0.25, 0.3) is 5.91 Å². The summed E-state index contributed by atoms with van der Waals surface area (Å²) in [6.07, 6.45) is 2.52. The number of allylic oxidation sites excluding steroid dienone is 1. The van der Waals surface area contributed by atoms with E-state index in [1.165, 1.54) is 0 Å². The Balaban J connectivity index is 2.64. The van der Waals surface area contributed by atoms with Crippen LogP contribution in [0.1, 0.15) is 23.2 Å². The van der Waals surface area contributed by atoms with Crippen LogP contribution in [0.15, 0.2) is 43.0 Å². The zero-order chi connectivity index (χ0) is 12.7. The third-order valence-electron chi connectivity index (χ3n) is 2.30. The fourth-order valence-corrected chi connectivity index (χ4v) is 1.37. The first kappa shape index (κ1) is 13.0. The van der Waals surface area contributed by atoms with Gasteiger partial charge in [-0.05, 0) is 25.0 Å². The maximum atomic E-state index is 11.7. The molecule has 1 aromatic carbocycles. The van der Waals surface area contributed by atoms with Crippen LogP contribution in [0.25, 0.3) is 0 Å². The van der Waals surface area contributed by atoms with Crippen LogP contribution >= 0.6 is 0 Å². The molecular weight excluding hydrogens is 218 g/mol. The van der Waals surface area contributed by atoms with Crippen LogP contribution in [-0.2, 0) is 4.79 Å². The van der Waals surface area contributed by atoms with Crippen molar-refractivity contribution in [2.45, 2.75) is 18.9 Å². The van der Waals surface area contributed by atoms with Gasteiger partial charge in [0.2, 0.25) is 0 Å². The van der Waals surface area contributed by atoms with Gasteiger partial charge in [-0.2, -0.15) is 0 Å². The number of carbonyl (C=O) groups excluding carboxylic acids is 1. The Hall–Kier alpha value is -2.10. The highest BCUT2D eigenvalue weighted by atomic mass is 16.4. The summed E-state index contributed by atoms with van der Waals surface area (Å²) in [5, 5.41) is 11.4. The minimum absolute atomic E-state index is 0.345. The molecule has 4 nitrogen and oxygen atoms in total. The molecule has 1 amide bonds. The molecule has 0 saturated heterocycles. The van der Waals surface area contributed by atoms with Crippen molar-refractivity contribution in [3.8, 4) is 0 Å². The highest BCUT2D eigenvalue weighted by Gasteiger charge is 2.19. The molecule has 90 valence electrons. The lowest BCUT2D eigenvalue weighted by Gasteiger charge is -2.13. The van der Waals surface area contributed by atoms with E-state index >= 15 is 0 Å². The fraction of sp³-hybridized carbons (Fsp3) is 0.231. The zero-order valence-electron chi connectivity index (χ0n) is 9.43. The number of nitrogens with one attached hydrogen (secondary N) is 1. The van der Waals surface area contributed by atoms with E-state index in [9.17, 15) is 9.59 Å². The molecule has 0 unspecified atom stereocenters. The van der Waals surface area contributed by atoms with E-state index in [4.69, 9.17) is 5.11 Å². The third-order valence-corrected chi connectivity index (χ3v) is 2.30. The van der Waals surface area contributed by atoms with Crippen molar-refractivity contribution >= 4 is 11.9 Å². The average Bonchev–Trinajstić information content (AvgIpc) is 2.35. The van der Waals surface area contributed by atoms with Crippen molar-refractivity contribution in [3.63, 3.8) is 0 Å². The first-order chi connectivity index (χ1) is 8.15. The molecule has 0 spiro atoms. The highest BCUT2D eigenvalue weighted by molar-refractivity contribution is 5.96. The van der Waals surface area contributed by atoms with Crippen molar-refractivity contribution in [1.82, 2.24) is 5.32 Å². The second-order valence-corrected chi connectivity index (χ2v) is 3.60. The first-order valence-corrected chi connectivity index (χ1v) is 5.34. The van der Waals surface area contributed by atoms with Crippen LogP contribution in [0, 0.1) is 0 Å². The summed E-state index contributed by atoms with van der Waals surface area (Å²) in [7, 11) is 0. The van der Waals surface area contributed by atoms with Gasteiger partial charge in [0.1, 0.15) is 6.04 Å². The van der Waals surface area contributed by atoms with E-state index in [0.717, 1.165) is 0 Å². The smallest absolute Gasteiger partial charge is 0.326 e. The molecular formula is C13H15NO3. The highest BCUT2D eigenvalue weighted by Crippen LogP contribution is 2.02. The fourth-order valence-electron chi connectivity index (χ4n) is 1.37. The van der Waals surface area contributed by atoms with Gasteiger partial charge in [0.05, 0.1) is 0 Å². The van der Waals surface area contributed by atoms with Crippen LogP contribution < -0.4 is 5.32 Å². The molecule has 4 heteroatoms. The molecule has 0 aliphatic carbocycles. The number of carboxylic acid groups (broad SMARTS) is 1. The summed E-state index contributed by atoms with van der Waals surface area (Å²) in [5.41, 5.74) is 0.456. The maximum Gasteiger partial charge on any atom is 0.326 e. The SMILES string of the molecule is C=CCC[C@@H](NC(=O)c1ccccc1)C(=O)O. The van der Waals surface area contributed by atoms with Crippen LogP contribution in [0.2, 0.25) is 0 Å². The summed E-state index contributed by atoms with van der Waals surface area (Å²) in [4.78, 5) is 22.6. The number of hydrogen-bond donors (Lipinski definition) is 2. The van der Waals surface area contributed by atoms with E-state index in [1.807, 2.05) is 0 Å². The van der Waals surface area contributed by atoms with E-state index in [1.54, 1.807) is 36.4 Å². The Morgan fingerprint density at radius 1 is 1.35 bits per heavy atom. The molecule has 0 aliphatic heterocycles. The van der Waals surface area contributed by atoms with Gasteiger partial charge in [0, 0.05) is 5.56 Å². The van der Waals surface area contributed by atoms with Gasteiger partial charge >= 0.3 is 5.97 Å². The summed E-state index contributed by atoms with van der Waals surface area (Å²) in [6, 6.07) is 7.66. The molecule has 0 radical (unpaired) electrons. The van der Waals surface area contributed by atoms with E-state index in [-0.39, 0.29) is 5.91 Å². The predicted molar refractivity (Wildman–Crippen MR) is 64.8 cm³/mol. The van der Waals surface area contributed by atoms with E-state index < -0.39 is 12.0 Å². The number of benzene rings is 1. The molecule has 2 N–H and O–H groups in total. The number of rotatable bonds is 6. The Bertz CT molecular complexity index is 400. The molecule has 0 heterocycles. The number of carboxylic acids is 1. The Morgan fingerprint density at radius 3 is 2.53 bits per heavy atom. The van der Waals surface area contributed by atoms with Crippen molar-refractivity contribution in [2.24, 2.45) is 0 Å². The largest absolute Gasteiger partial charge is 0.480 e. The Labute approximate surface area is 100.0 Å². The summed E-state index contributed by atoms with van der Waals surface area (Å²) in [6.45, 7) is 3.52. The van der Waals surface area contributed by atoms with Crippen LogP contribution in [-0.4, -0.2) is 23.0 Å². The number of hydrogen-bond acceptors (Lipinski definition) is 2. The zero-order valence-corrected chi connectivity index (χ0v) is 9.43. The molecule has 0 aromatic heterocycles. The number of aliphatic carboxylic acids is 1. The van der Waals surface area contributed by atoms with Gasteiger partial charge in [-0.15, -0.1) is 6.58 Å². The van der Waals surface area contributed by atoms with Gasteiger partial charge < -0.3 is 10.4 Å². The van der Waals surface area contributed by atoms with Gasteiger partial charge in [0.15, 0.2) is 0 Å². The van der Waals surface area contributed by atoms with Gasteiger partial charge in [-0.25, -0.2) is 4.79 Å². The summed E-state index contributed by atoms with van der Waals surface area (Å²) < 4.78 is 0. The normalized spacial score (nSPS) is 11.5. The maximum absolute atomic E-state index is 11.7. The topological polar surface area (TPSA) is 66.4 Å². The molecule has 17 heavy (non-hydrogen) atoms. The van der Waals surface area contributed by atoms with Crippen LogP contribution in [0.5, 0.6) is 0 Å². The lowest BCUT2D eigenvalue weighted by atomic mass is 10.1. The quantitative estimate of drug-likeness (QED) is 0.737. The Morgan fingerprint density at radius 2 is 2.00 bits per heavy atom. The van der Waals surface area contributed by atoms with Crippen molar-refractivity contribution < 1.29 is 14.7 Å². The predicted octanol–water partition coefficient (Wildman–Crippen LogP) is 1.84. The standard InChI is InChI=1S/C13H15NO3/c1-2-3-9-11(13(16)17)14-12(15)10-7-5-4-6-8-10/h2,4-8,11H,1,3,9H2,(H,14,15)(H,16,17)/t11-/m1/s1. The molecule has 0 aliphatic rings. The van der Waals surface area contributed by atoms with Gasteiger partial charge in [-0.3, -0.25) is 4.79 Å². The minimum atomic E-state index is -1.03. The third kappa shape index (κ3) is 4.10. The monoisotopic (exact) mass is 233 g/mol. The lowest BCUT2D eigenvalue weighted by Crippen LogP contribution is -2.40. The molecule has 1 aromatic rings. The molecule has 0 fully saturated rings. The van der Waals surface area contributed by atoms with Crippen LogP contribution in [0.4, 0.5) is 0 Å². The van der Waals surface area contributed by atoms with Crippen LogP contribution in [0.3, 0.4) is 0 Å². The molecule has 0 saturated carbocycles. The van der Waals surface area contributed by atoms with Crippen molar-refractivity contribution in [2.75, 3.05) is 0 Å². The molecule has 1 rings (SSSR count). The van der Waals surface area contributed by atoms with E-state index in [2.05, 4.69) is 11.9 Å². The molecule has 1 atom stereocenters. The average molecular weight is 233 g/mol.